The van der Waals surface area contributed by atoms with Crippen molar-refractivity contribution >= 4 is 45.5 Å². The first-order valence-corrected chi connectivity index (χ1v) is 11.8. The fraction of sp³-hybridized carbons (Fsp3) is 0.136. The predicted octanol–water partition coefficient (Wildman–Crippen LogP) is 6.04. The Morgan fingerprint density at radius 1 is 1.10 bits per heavy atom. The number of nitrogens with one attached hydrogen (secondary N) is 1. The molecule has 0 atom stereocenters. The van der Waals surface area contributed by atoms with Gasteiger partial charge in [-0.25, -0.2) is 9.97 Å². The molecule has 2 aromatic carbocycles. The van der Waals surface area contributed by atoms with E-state index < -0.39 is 0 Å². The van der Waals surface area contributed by atoms with Gasteiger partial charge in [-0.2, -0.15) is 0 Å². The monoisotopic (exact) mass is 437 g/mol. The summed E-state index contributed by atoms with van der Waals surface area (Å²) < 4.78 is 0. The Kier molecular flexibility index (Phi) is 6.39. The van der Waals surface area contributed by atoms with Gasteiger partial charge in [-0.3, -0.25) is 10.1 Å². The summed E-state index contributed by atoms with van der Waals surface area (Å²) in [6, 6.07) is 16.1. The van der Waals surface area contributed by atoms with Crippen molar-refractivity contribution in [2.75, 3.05) is 5.32 Å². The maximum Gasteiger partial charge on any atom is 0.258 e. The van der Waals surface area contributed by atoms with Crippen LogP contribution < -0.4 is 5.32 Å². The second-order valence-corrected chi connectivity index (χ2v) is 9.36. The minimum atomic E-state index is -0.136. The van der Waals surface area contributed by atoms with Crippen molar-refractivity contribution in [3.8, 4) is 0 Å². The maximum absolute atomic E-state index is 12.8. The highest BCUT2D eigenvalue weighted by Gasteiger charge is 2.14. The van der Waals surface area contributed by atoms with E-state index >= 15 is 0 Å². The van der Waals surface area contributed by atoms with Crippen LogP contribution in [0, 0.1) is 6.92 Å². The molecule has 0 unspecified atom stereocenters. The van der Waals surface area contributed by atoms with E-state index in [4.69, 9.17) is 0 Å². The summed E-state index contributed by atoms with van der Waals surface area (Å²) in [5.74, 6) is 0.605. The van der Waals surface area contributed by atoms with E-state index in [-0.39, 0.29) is 5.91 Å². The van der Waals surface area contributed by atoms with Gasteiger partial charge in [0.1, 0.15) is 0 Å². The minimum absolute atomic E-state index is 0.136. The maximum atomic E-state index is 12.8. The van der Waals surface area contributed by atoms with Crippen molar-refractivity contribution < 1.29 is 4.79 Å². The highest BCUT2D eigenvalue weighted by Crippen LogP contribution is 2.28. The summed E-state index contributed by atoms with van der Waals surface area (Å²) in [6.45, 7) is 2.08. The zero-order chi connectivity index (χ0) is 20.1. The summed E-state index contributed by atoms with van der Waals surface area (Å²) in [7, 11) is 0. The molecule has 4 nitrogen and oxygen atoms in total. The molecule has 2 aromatic heterocycles. The molecular weight excluding hydrogens is 418 g/mol. The number of rotatable bonds is 7. The summed E-state index contributed by atoms with van der Waals surface area (Å²) in [4.78, 5) is 23.6. The number of thiazole rings is 2. The van der Waals surface area contributed by atoms with E-state index in [1.165, 1.54) is 22.5 Å². The predicted molar refractivity (Wildman–Crippen MR) is 122 cm³/mol. The molecule has 1 N–H and O–H groups in total. The molecule has 2 heterocycles. The van der Waals surface area contributed by atoms with Gasteiger partial charge in [0.25, 0.3) is 5.91 Å². The number of benzene rings is 2. The lowest BCUT2D eigenvalue weighted by Crippen LogP contribution is -2.12. The van der Waals surface area contributed by atoms with Crippen LogP contribution in [0.15, 0.2) is 70.5 Å². The van der Waals surface area contributed by atoms with E-state index in [2.05, 4.69) is 46.5 Å². The number of carbonyl (C=O) groups is 1. The third-order valence-corrected chi connectivity index (χ3v) is 6.92. The Bertz CT molecular complexity index is 1090. The number of aromatic nitrogens is 2. The summed E-state index contributed by atoms with van der Waals surface area (Å²) in [5.41, 5.74) is 5.99. The Balaban J connectivity index is 1.42. The summed E-state index contributed by atoms with van der Waals surface area (Å²) in [5, 5.41) is 5.60. The molecule has 0 aliphatic rings. The smallest absolute Gasteiger partial charge is 0.258 e. The third kappa shape index (κ3) is 5.32. The van der Waals surface area contributed by atoms with Crippen LogP contribution in [0.4, 0.5) is 5.13 Å². The average Bonchev–Trinajstić information content (AvgIpc) is 3.40. The van der Waals surface area contributed by atoms with Gasteiger partial charge in [0.2, 0.25) is 0 Å². The van der Waals surface area contributed by atoms with Crippen LogP contribution in [-0.2, 0) is 12.2 Å². The molecule has 146 valence electrons. The third-order valence-electron chi connectivity index (χ3n) is 4.26. The molecule has 0 aliphatic heterocycles. The summed E-state index contributed by atoms with van der Waals surface area (Å²) >= 11 is 4.71. The SMILES string of the molecule is Cc1ccc(Cc2cnc(NC(=O)c3ccccc3SCc3cscn3)s2)cc1. The van der Waals surface area contributed by atoms with Crippen molar-refractivity contribution in [1.82, 2.24) is 9.97 Å². The van der Waals surface area contributed by atoms with Gasteiger partial charge in [0.15, 0.2) is 5.13 Å². The van der Waals surface area contributed by atoms with Crippen molar-refractivity contribution in [3.63, 3.8) is 0 Å². The lowest BCUT2D eigenvalue weighted by molar-refractivity contribution is 0.102. The number of thioether (sulfide) groups is 1. The Morgan fingerprint density at radius 3 is 2.72 bits per heavy atom. The topological polar surface area (TPSA) is 54.9 Å². The first-order chi connectivity index (χ1) is 14.2. The van der Waals surface area contributed by atoms with Gasteiger partial charge in [-0.1, -0.05) is 42.0 Å². The molecular formula is C22H19N3OS3. The number of nitrogens with zero attached hydrogens (tertiary/aromatic N) is 2. The van der Waals surface area contributed by atoms with Crippen LogP contribution in [0.5, 0.6) is 0 Å². The Hall–Kier alpha value is -2.48. The first-order valence-electron chi connectivity index (χ1n) is 9.08. The highest BCUT2D eigenvalue weighted by molar-refractivity contribution is 7.98. The number of hydrogen-bond acceptors (Lipinski definition) is 6. The van der Waals surface area contributed by atoms with E-state index in [0.29, 0.717) is 10.7 Å². The Labute approximate surface area is 182 Å². The van der Waals surface area contributed by atoms with E-state index in [1.54, 1.807) is 23.1 Å². The van der Waals surface area contributed by atoms with Crippen LogP contribution in [0.1, 0.15) is 32.1 Å². The molecule has 0 fully saturated rings. The van der Waals surface area contributed by atoms with Crippen LogP contribution in [0.25, 0.3) is 0 Å². The van der Waals surface area contributed by atoms with Gasteiger partial charge in [-0.05, 0) is 24.6 Å². The zero-order valence-electron chi connectivity index (χ0n) is 15.8. The molecule has 4 aromatic rings. The Morgan fingerprint density at radius 2 is 1.93 bits per heavy atom. The second-order valence-electron chi connectivity index (χ2n) is 6.51. The number of anilines is 1. The quantitative estimate of drug-likeness (QED) is 0.358. The molecule has 4 rings (SSSR count). The molecule has 7 heteroatoms. The average molecular weight is 438 g/mol. The van der Waals surface area contributed by atoms with Crippen LogP contribution in [0.3, 0.4) is 0 Å². The van der Waals surface area contributed by atoms with E-state index in [1.807, 2.05) is 41.4 Å². The van der Waals surface area contributed by atoms with Gasteiger partial charge >= 0.3 is 0 Å². The van der Waals surface area contributed by atoms with Crippen molar-refractivity contribution in [3.05, 3.63) is 92.9 Å². The van der Waals surface area contributed by atoms with Gasteiger partial charge in [-0.15, -0.1) is 34.4 Å². The highest BCUT2D eigenvalue weighted by atomic mass is 32.2. The number of aryl methyl sites for hydroxylation is 1. The molecule has 1 amide bonds. The van der Waals surface area contributed by atoms with Crippen molar-refractivity contribution in [2.45, 2.75) is 24.0 Å². The lowest BCUT2D eigenvalue weighted by atomic mass is 10.1. The molecule has 0 radical (unpaired) electrons. The zero-order valence-corrected chi connectivity index (χ0v) is 18.2. The van der Waals surface area contributed by atoms with Gasteiger partial charge < -0.3 is 0 Å². The fourth-order valence-corrected chi connectivity index (χ4v) is 5.22. The molecule has 0 aliphatic carbocycles. The second kappa shape index (κ2) is 9.35. The van der Waals surface area contributed by atoms with Crippen LogP contribution in [-0.4, -0.2) is 15.9 Å². The molecule has 0 saturated carbocycles. The summed E-state index contributed by atoms with van der Waals surface area (Å²) in [6.07, 6.45) is 2.65. The standard InChI is InChI=1S/C22H19N3OS3/c1-15-6-8-16(9-7-15)10-18-11-23-22(29-18)25-21(26)19-4-2-3-5-20(19)28-13-17-12-27-14-24-17/h2-9,11-12,14H,10,13H2,1H3,(H,23,25,26). The van der Waals surface area contributed by atoms with Crippen LogP contribution in [0.2, 0.25) is 0 Å². The van der Waals surface area contributed by atoms with E-state index in [0.717, 1.165) is 27.6 Å². The van der Waals surface area contributed by atoms with Crippen LogP contribution >= 0.6 is 34.4 Å². The normalized spacial score (nSPS) is 10.8. The first kappa shape index (κ1) is 19.8. The number of carbonyl (C=O) groups excluding carboxylic acids is 1. The number of amides is 1. The molecule has 0 bridgehead atoms. The van der Waals surface area contributed by atoms with Crippen molar-refractivity contribution in [2.24, 2.45) is 0 Å². The van der Waals surface area contributed by atoms with Gasteiger partial charge in [0.05, 0.1) is 16.8 Å². The molecule has 29 heavy (non-hydrogen) atoms. The fourth-order valence-electron chi connectivity index (χ4n) is 2.76. The number of hydrogen-bond donors (Lipinski definition) is 1. The minimum Gasteiger partial charge on any atom is -0.298 e. The largest absolute Gasteiger partial charge is 0.298 e. The lowest BCUT2D eigenvalue weighted by Gasteiger charge is -2.08. The molecule has 0 saturated heterocycles. The van der Waals surface area contributed by atoms with Gasteiger partial charge in [0, 0.05) is 33.5 Å². The van der Waals surface area contributed by atoms with E-state index in [9.17, 15) is 4.79 Å². The molecule has 0 spiro atoms. The van der Waals surface area contributed by atoms with Crippen molar-refractivity contribution in [1.29, 1.82) is 0 Å².